The molecule has 1 N–H and O–H groups in total. The Morgan fingerprint density at radius 3 is 1.93 bits per heavy atom. The third-order valence-electron chi connectivity index (χ3n) is 2.25. The highest BCUT2D eigenvalue weighted by atomic mass is 19.4. The summed E-state index contributed by atoms with van der Waals surface area (Å²) in [6.45, 7) is 4.93. The molecule has 0 saturated carbocycles. The molecule has 0 amide bonds. The number of hydrogen-bond acceptors (Lipinski definition) is 3. The van der Waals surface area contributed by atoms with E-state index >= 15 is 0 Å². The molecular formula is C9H15F3O3. The van der Waals surface area contributed by atoms with Crippen molar-refractivity contribution in [1.82, 2.24) is 0 Å². The fraction of sp³-hybridized carbons (Fsp3) is 0.889. The van der Waals surface area contributed by atoms with Crippen molar-refractivity contribution in [3.05, 3.63) is 0 Å². The minimum Gasteiger partial charge on any atom is -0.423 e. The van der Waals surface area contributed by atoms with Crippen LogP contribution >= 0.6 is 0 Å². The molecule has 0 aliphatic heterocycles. The van der Waals surface area contributed by atoms with Crippen molar-refractivity contribution >= 4 is 5.97 Å². The quantitative estimate of drug-likeness (QED) is 0.595. The van der Waals surface area contributed by atoms with Gasteiger partial charge in [-0.15, -0.1) is 0 Å². The van der Waals surface area contributed by atoms with Crippen molar-refractivity contribution < 1.29 is 27.8 Å². The van der Waals surface area contributed by atoms with E-state index in [1.165, 1.54) is 13.8 Å². The second kappa shape index (κ2) is 4.00. The molecule has 6 heteroatoms. The van der Waals surface area contributed by atoms with Crippen molar-refractivity contribution in [1.29, 1.82) is 0 Å². The molecule has 0 bridgehead atoms. The van der Waals surface area contributed by atoms with Gasteiger partial charge in [0.1, 0.15) is 0 Å². The number of hydrogen-bond donors (Lipinski definition) is 1. The standard InChI is InChI=1S/C9H15F3O3/c1-5-7(2,3)6(13)15-8(4,14)9(10,11)12/h14H,5H2,1-4H3. The summed E-state index contributed by atoms with van der Waals surface area (Å²) in [6.07, 6.45) is -4.67. The first-order valence-electron chi connectivity index (χ1n) is 4.46. The van der Waals surface area contributed by atoms with E-state index in [1.54, 1.807) is 6.92 Å². The summed E-state index contributed by atoms with van der Waals surface area (Å²) in [6, 6.07) is 0. The molecule has 15 heavy (non-hydrogen) atoms. The van der Waals surface area contributed by atoms with Gasteiger partial charge in [-0.2, -0.15) is 13.2 Å². The molecular weight excluding hydrogens is 213 g/mol. The lowest BCUT2D eigenvalue weighted by atomic mass is 9.90. The highest BCUT2D eigenvalue weighted by Crippen LogP contribution is 2.33. The summed E-state index contributed by atoms with van der Waals surface area (Å²) in [4.78, 5) is 11.3. The third-order valence-corrected chi connectivity index (χ3v) is 2.25. The van der Waals surface area contributed by atoms with Crippen molar-refractivity contribution in [2.45, 2.75) is 46.1 Å². The number of alkyl halides is 3. The Balaban J connectivity index is 4.70. The smallest absolute Gasteiger partial charge is 0.423 e. The molecule has 0 fully saturated rings. The van der Waals surface area contributed by atoms with Gasteiger partial charge in [-0.3, -0.25) is 4.79 Å². The zero-order valence-corrected chi connectivity index (χ0v) is 9.10. The van der Waals surface area contributed by atoms with Gasteiger partial charge in [0.2, 0.25) is 0 Å². The number of carbonyl (C=O) groups excluding carboxylic acids is 1. The molecule has 0 heterocycles. The normalized spacial score (nSPS) is 17.1. The average molecular weight is 228 g/mol. The molecule has 0 aromatic carbocycles. The van der Waals surface area contributed by atoms with E-state index in [1.807, 2.05) is 0 Å². The van der Waals surface area contributed by atoms with Crippen LogP contribution < -0.4 is 0 Å². The molecule has 3 nitrogen and oxygen atoms in total. The SMILES string of the molecule is CCC(C)(C)C(=O)OC(C)(O)C(F)(F)F. The second-order valence-corrected chi connectivity index (χ2v) is 4.11. The number of halogens is 3. The molecule has 0 aliphatic rings. The highest BCUT2D eigenvalue weighted by Gasteiger charge is 2.54. The Hall–Kier alpha value is -0.780. The fourth-order valence-corrected chi connectivity index (χ4v) is 0.521. The summed E-state index contributed by atoms with van der Waals surface area (Å²) in [5.74, 6) is -4.51. The lowest BCUT2D eigenvalue weighted by Crippen LogP contribution is -2.48. The summed E-state index contributed by atoms with van der Waals surface area (Å²) in [5.41, 5.74) is -1.05. The molecule has 0 radical (unpaired) electrons. The first-order chi connectivity index (χ1) is 6.44. The lowest BCUT2D eigenvalue weighted by molar-refractivity contribution is -0.345. The molecule has 1 atom stereocenters. The Bertz CT molecular complexity index is 243. The summed E-state index contributed by atoms with van der Waals surface area (Å²) in [7, 11) is 0. The molecule has 0 spiro atoms. The molecule has 90 valence electrons. The van der Waals surface area contributed by atoms with Gasteiger partial charge in [0.05, 0.1) is 5.41 Å². The van der Waals surface area contributed by atoms with Gasteiger partial charge in [-0.25, -0.2) is 0 Å². The number of carbonyl (C=O) groups is 1. The first-order valence-corrected chi connectivity index (χ1v) is 4.46. The van der Waals surface area contributed by atoms with E-state index in [4.69, 9.17) is 5.11 Å². The van der Waals surface area contributed by atoms with Crippen LogP contribution in [0.1, 0.15) is 34.1 Å². The largest absolute Gasteiger partial charge is 0.455 e. The van der Waals surface area contributed by atoms with Crippen molar-refractivity contribution in [3.63, 3.8) is 0 Å². The van der Waals surface area contributed by atoms with E-state index in [0.29, 0.717) is 13.3 Å². The fourth-order valence-electron chi connectivity index (χ4n) is 0.521. The third kappa shape index (κ3) is 3.37. The van der Waals surface area contributed by atoms with E-state index in [0.717, 1.165) is 0 Å². The van der Waals surface area contributed by atoms with Crippen molar-refractivity contribution in [3.8, 4) is 0 Å². The predicted molar refractivity (Wildman–Crippen MR) is 46.8 cm³/mol. The minimum atomic E-state index is -4.99. The van der Waals surface area contributed by atoms with Crippen LogP contribution in [-0.2, 0) is 9.53 Å². The van der Waals surface area contributed by atoms with E-state index < -0.39 is 23.3 Å². The van der Waals surface area contributed by atoms with Crippen LogP contribution in [0.5, 0.6) is 0 Å². The molecule has 0 aliphatic carbocycles. The Morgan fingerprint density at radius 1 is 1.27 bits per heavy atom. The zero-order chi connectivity index (χ0) is 12.5. The molecule has 0 rings (SSSR count). The van der Waals surface area contributed by atoms with Crippen molar-refractivity contribution in [2.24, 2.45) is 5.41 Å². The molecule has 0 aromatic rings. The summed E-state index contributed by atoms with van der Waals surface area (Å²) >= 11 is 0. The molecule has 0 saturated heterocycles. The van der Waals surface area contributed by atoms with Gasteiger partial charge in [0.15, 0.2) is 0 Å². The second-order valence-electron chi connectivity index (χ2n) is 4.11. The van der Waals surface area contributed by atoms with Gasteiger partial charge in [0.25, 0.3) is 0 Å². The summed E-state index contributed by atoms with van der Waals surface area (Å²) in [5, 5.41) is 8.91. The maximum absolute atomic E-state index is 12.2. The van der Waals surface area contributed by atoms with Crippen LogP contribution in [0.25, 0.3) is 0 Å². The van der Waals surface area contributed by atoms with Crippen LogP contribution in [0.15, 0.2) is 0 Å². The number of rotatable bonds is 3. The van der Waals surface area contributed by atoms with E-state index in [-0.39, 0.29) is 0 Å². The Kier molecular flexibility index (Phi) is 3.79. The van der Waals surface area contributed by atoms with Gasteiger partial charge in [-0.1, -0.05) is 6.92 Å². The monoisotopic (exact) mass is 228 g/mol. The Morgan fingerprint density at radius 2 is 1.67 bits per heavy atom. The van der Waals surface area contributed by atoms with E-state index in [9.17, 15) is 18.0 Å². The minimum absolute atomic E-state index is 0.319. The van der Waals surface area contributed by atoms with Crippen LogP contribution in [0, 0.1) is 5.41 Å². The maximum atomic E-state index is 12.2. The number of ether oxygens (including phenoxy) is 1. The number of esters is 1. The predicted octanol–water partition coefficient (Wildman–Crippen LogP) is 2.24. The number of aliphatic hydroxyl groups is 1. The maximum Gasteiger partial charge on any atom is 0.455 e. The average Bonchev–Trinajstić information content (AvgIpc) is 2.01. The first kappa shape index (κ1) is 14.2. The van der Waals surface area contributed by atoms with Gasteiger partial charge >= 0.3 is 17.9 Å². The topological polar surface area (TPSA) is 46.5 Å². The van der Waals surface area contributed by atoms with E-state index in [2.05, 4.69) is 4.74 Å². The van der Waals surface area contributed by atoms with Crippen LogP contribution in [-0.4, -0.2) is 23.0 Å². The summed E-state index contributed by atoms with van der Waals surface area (Å²) < 4.78 is 40.5. The Labute approximate surface area is 86.2 Å². The van der Waals surface area contributed by atoms with Crippen molar-refractivity contribution in [2.75, 3.05) is 0 Å². The lowest BCUT2D eigenvalue weighted by Gasteiger charge is -2.30. The molecule has 0 aromatic heterocycles. The van der Waals surface area contributed by atoms with Gasteiger partial charge in [0, 0.05) is 6.92 Å². The van der Waals surface area contributed by atoms with Gasteiger partial charge in [-0.05, 0) is 20.3 Å². The highest BCUT2D eigenvalue weighted by molar-refractivity contribution is 5.76. The van der Waals surface area contributed by atoms with Crippen LogP contribution in [0.3, 0.4) is 0 Å². The van der Waals surface area contributed by atoms with Crippen LogP contribution in [0.2, 0.25) is 0 Å². The van der Waals surface area contributed by atoms with Crippen LogP contribution in [0.4, 0.5) is 13.2 Å². The molecule has 1 unspecified atom stereocenters. The zero-order valence-electron chi connectivity index (χ0n) is 9.10. The van der Waals surface area contributed by atoms with Gasteiger partial charge < -0.3 is 9.84 Å².